The molecule has 7 heteroatoms. The maximum atomic E-state index is 5.03. The standard InChI is InChI=1S/6ClH.Cr/h6*1H;/q;;;;;;+6/p-6. The molecule has 0 N–H and O–H groups in total. The van der Waals surface area contributed by atoms with Crippen molar-refractivity contribution in [3.8, 4) is 0 Å². The van der Waals surface area contributed by atoms with Gasteiger partial charge in [-0.2, -0.15) is 0 Å². The molecule has 0 fully saturated rings. The van der Waals surface area contributed by atoms with E-state index in [9.17, 15) is 0 Å². The van der Waals surface area contributed by atoms with Gasteiger partial charge in [-0.25, -0.2) is 0 Å². The molecule has 0 aliphatic carbocycles. The van der Waals surface area contributed by atoms with Crippen LogP contribution < -0.4 is 0 Å². The first-order chi connectivity index (χ1) is 2.45. The van der Waals surface area contributed by atoms with Crippen LogP contribution in [0.5, 0.6) is 0 Å². The van der Waals surface area contributed by atoms with Crippen molar-refractivity contribution in [1.82, 2.24) is 0 Å². The van der Waals surface area contributed by atoms with Crippen LogP contribution in [-0.4, -0.2) is 0 Å². The third kappa shape index (κ3) is 63.0. The van der Waals surface area contributed by atoms with Crippen molar-refractivity contribution in [2.75, 3.05) is 0 Å². The predicted molar refractivity (Wildman–Crippen MR) is 35.1 cm³/mol. The van der Waals surface area contributed by atoms with Crippen LogP contribution in [0.15, 0.2) is 0 Å². The van der Waals surface area contributed by atoms with Crippen molar-refractivity contribution >= 4 is 60.3 Å². The van der Waals surface area contributed by atoms with Crippen LogP contribution in [-0.2, 0) is 5.41 Å². The maximum absolute atomic E-state index is 5.12. The van der Waals surface area contributed by atoms with Crippen LogP contribution in [0, 0.1) is 0 Å². The summed E-state index contributed by atoms with van der Waals surface area (Å²) in [5, 5.41) is -5.12. The Hall–Kier alpha value is 2.27. The zero-order valence-corrected chi connectivity index (χ0v) is 8.49. The van der Waals surface area contributed by atoms with Gasteiger partial charge in [0, 0.05) is 0 Å². The van der Waals surface area contributed by atoms with Crippen molar-refractivity contribution in [2.24, 2.45) is 0 Å². The van der Waals surface area contributed by atoms with Gasteiger partial charge in [0.15, 0.2) is 0 Å². The molecule has 0 saturated heterocycles. The number of hydrogen-bond donors (Lipinski definition) is 0. The van der Waals surface area contributed by atoms with E-state index in [1.807, 2.05) is 0 Å². The molecule has 0 aromatic heterocycles. The minimum atomic E-state index is -5.12. The van der Waals surface area contributed by atoms with Gasteiger partial charge in [0.1, 0.15) is 0 Å². The summed E-state index contributed by atoms with van der Waals surface area (Å²) in [5.74, 6) is 0. The Morgan fingerprint density at radius 1 is 0.571 bits per heavy atom. The summed E-state index contributed by atoms with van der Waals surface area (Å²) in [7, 11) is 30.2. The van der Waals surface area contributed by atoms with Crippen LogP contribution in [0.1, 0.15) is 0 Å². The molecule has 7 heavy (non-hydrogen) atoms. The van der Waals surface area contributed by atoms with Gasteiger partial charge in [-0.05, 0) is 0 Å². The molecular weight excluding hydrogens is 265 g/mol. The Balaban J connectivity index is 4.43. The van der Waals surface area contributed by atoms with E-state index in [2.05, 4.69) is 0 Å². The molecule has 0 unspecified atom stereocenters. The predicted octanol–water partition coefficient (Wildman–Crippen LogP) is 4.13. The van der Waals surface area contributed by atoms with E-state index >= 15 is 0 Å². The van der Waals surface area contributed by atoms with Gasteiger partial charge in [0.25, 0.3) is 0 Å². The van der Waals surface area contributed by atoms with Gasteiger partial charge in [0.05, 0.1) is 0 Å². The molecule has 0 radical (unpaired) electrons. The first-order valence-corrected chi connectivity index (χ1v) is 11.5. The van der Waals surface area contributed by atoms with E-state index < -0.39 is 5.41 Å². The molecule has 0 aliphatic rings. The van der Waals surface area contributed by atoms with Gasteiger partial charge in [0.2, 0.25) is 0 Å². The molecule has 0 saturated carbocycles. The summed E-state index contributed by atoms with van der Waals surface area (Å²) >= 11 is 0. The summed E-state index contributed by atoms with van der Waals surface area (Å²) in [4.78, 5) is 0. The Morgan fingerprint density at radius 2 is 0.571 bits per heavy atom. The second kappa shape index (κ2) is 1.47. The number of halogens is 6. The Morgan fingerprint density at radius 3 is 0.571 bits per heavy atom. The molecule has 0 spiro atoms. The average Bonchev–Trinajstić information content (AvgIpc) is 0.592. The average molecular weight is 265 g/mol. The van der Waals surface area contributed by atoms with Crippen LogP contribution in [0.4, 0.5) is 0 Å². The van der Waals surface area contributed by atoms with Crippen LogP contribution in [0.25, 0.3) is 0 Å². The van der Waals surface area contributed by atoms with Gasteiger partial charge in [-0.3, -0.25) is 0 Å². The van der Waals surface area contributed by atoms with Crippen molar-refractivity contribution in [1.29, 1.82) is 0 Å². The van der Waals surface area contributed by atoms with Gasteiger partial charge in [-0.1, -0.05) is 0 Å². The normalized spacial score (nSPS) is 23.1. The molecule has 0 rings (SSSR count). The van der Waals surface area contributed by atoms with E-state index in [4.69, 9.17) is 60.3 Å². The van der Waals surface area contributed by atoms with E-state index in [-0.39, 0.29) is 0 Å². The summed E-state index contributed by atoms with van der Waals surface area (Å²) in [6.45, 7) is 0. The number of rotatable bonds is 0. The molecule has 0 nitrogen and oxygen atoms in total. The van der Waals surface area contributed by atoms with E-state index in [1.54, 1.807) is 0 Å². The second-order valence-electron chi connectivity index (χ2n) is 0.875. The molecule has 0 amide bonds. The van der Waals surface area contributed by atoms with Crippen molar-refractivity contribution in [2.45, 2.75) is 0 Å². The molecule has 0 bridgehead atoms. The summed E-state index contributed by atoms with van der Waals surface area (Å²) < 4.78 is 0. The van der Waals surface area contributed by atoms with Gasteiger partial charge in [-0.15, -0.1) is 0 Å². The third-order valence-corrected chi connectivity index (χ3v) is 0. The number of hydrogen-bond acceptors (Lipinski definition) is 0. The molecule has 0 aliphatic heterocycles. The topological polar surface area (TPSA) is 0 Å². The van der Waals surface area contributed by atoms with Gasteiger partial charge >= 0.3 is 65.7 Å². The monoisotopic (exact) mass is 262 g/mol. The fourth-order valence-corrected chi connectivity index (χ4v) is 0. The molecule has 0 aromatic rings. The zero-order chi connectivity index (χ0) is 6.41. The minimum absolute atomic E-state index is 5.03. The second-order valence-corrected chi connectivity index (χ2v) is 32.5. The molecule has 0 heterocycles. The van der Waals surface area contributed by atoms with E-state index in [0.717, 1.165) is 0 Å². The third-order valence-electron chi connectivity index (χ3n) is 0. The first kappa shape index (κ1) is 9.27. The summed E-state index contributed by atoms with van der Waals surface area (Å²) in [6, 6.07) is 0. The SMILES string of the molecule is [Cl][Cr]([Cl])([Cl])([Cl])([Cl])[Cl]. The Bertz CT molecular complexity index is 62.7. The zero-order valence-electron chi connectivity index (χ0n) is 2.68. The fraction of sp³-hybridized carbons (Fsp3) is 0. The van der Waals surface area contributed by atoms with Crippen molar-refractivity contribution in [3.63, 3.8) is 0 Å². The fourth-order valence-electron chi connectivity index (χ4n) is 0. The van der Waals surface area contributed by atoms with Crippen LogP contribution in [0.3, 0.4) is 0 Å². The molecule has 0 aromatic carbocycles. The van der Waals surface area contributed by atoms with Crippen LogP contribution >= 0.6 is 60.3 Å². The van der Waals surface area contributed by atoms with Gasteiger partial charge < -0.3 is 0 Å². The molecule has 0 atom stereocenters. The van der Waals surface area contributed by atoms with Crippen molar-refractivity contribution < 1.29 is 5.41 Å². The summed E-state index contributed by atoms with van der Waals surface area (Å²) in [6.07, 6.45) is 0. The molecule has 48 valence electrons. The first-order valence-electron chi connectivity index (χ1n) is 0.926. The van der Waals surface area contributed by atoms with Crippen LogP contribution in [0.2, 0.25) is 0 Å². The Labute approximate surface area is 65.1 Å². The Kier molecular flexibility index (Phi) is 1.94. The molecular formula is Cl6Cr. The van der Waals surface area contributed by atoms with E-state index in [0.29, 0.717) is 0 Å². The quantitative estimate of drug-likeness (QED) is 0.617. The van der Waals surface area contributed by atoms with E-state index in [1.165, 1.54) is 0 Å². The van der Waals surface area contributed by atoms with Crippen molar-refractivity contribution in [3.05, 3.63) is 0 Å². The summed E-state index contributed by atoms with van der Waals surface area (Å²) in [5.41, 5.74) is 0.